The number of hydrogen-bond donors (Lipinski definition) is 2. The first kappa shape index (κ1) is 11.0. The number of hydrogen-bond acceptors (Lipinski definition) is 3. The third kappa shape index (κ3) is 3.65. The first-order chi connectivity index (χ1) is 6.24. The molecule has 0 aromatic carbocycles. The van der Waals surface area contributed by atoms with Gasteiger partial charge in [0.25, 0.3) is 0 Å². The highest BCUT2D eigenvalue weighted by molar-refractivity contribution is 7.16. The summed E-state index contributed by atoms with van der Waals surface area (Å²) in [4.78, 5) is 0.905. The van der Waals surface area contributed by atoms with E-state index in [1.54, 1.807) is 6.07 Å². The fourth-order valence-corrected chi connectivity index (χ4v) is 2.18. The Balaban J connectivity index is 2.35. The average Bonchev–Trinajstić information content (AvgIpc) is 2.52. The molecule has 2 nitrogen and oxygen atoms in total. The molecule has 0 saturated heterocycles. The van der Waals surface area contributed by atoms with E-state index in [2.05, 4.69) is 0 Å². The zero-order chi connectivity index (χ0) is 9.68. The highest BCUT2D eigenvalue weighted by Crippen LogP contribution is 2.29. The highest BCUT2D eigenvalue weighted by atomic mass is 35.5. The summed E-state index contributed by atoms with van der Waals surface area (Å²) in [5.74, 6) is 0. The number of aliphatic hydroxyl groups is 2. The molecule has 13 heavy (non-hydrogen) atoms. The third-order valence-corrected chi connectivity index (χ3v) is 3.14. The standard InChI is InChI=1S/C9H13ClO2S/c10-9-5-4-8(13-9)7(12)3-1-2-6-11/h4-5,7,11-12H,1-3,6H2. The van der Waals surface area contributed by atoms with Crippen LogP contribution < -0.4 is 0 Å². The summed E-state index contributed by atoms with van der Waals surface area (Å²) >= 11 is 7.14. The Labute approximate surface area is 86.8 Å². The van der Waals surface area contributed by atoms with Gasteiger partial charge in [-0.25, -0.2) is 0 Å². The largest absolute Gasteiger partial charge is 0.396 e. The van der Waals surface area contributed by atoms with Gasteiger partial charge < -0.3 is 10.2 Å². The van der Waals surface area contributed by atoms with Gasteiger partial charge in [-0.05, 0) is 31.4 Å². The number of aliphatic hydroxyl groups excluding tert-OH is 2. The van der Waals surface area contributed by atoms with Crippen LogP contribution in [0.1, 0.15) is 30.2 Å². The summed E-state index contributed by atoms with van der Waals surface area (Å²) in [5.41, 5.74) is 0. The Hall–Kier alpha value is -0.0900. The van der Waals surface area contributed by atoms with Crippen LogP contribution in [0.3, 0.4) is 0 Å². The molecule has 1 heterocycles. The molecule has 0 aliphatic heterocycles. The summed E-state index contributed by atoms with van der Waals surface area (Å²) in [6, 6.07) is 3.63. The molecule has 1 unspecified atom stereocenters. The van der Waals surface area contributed by atoms with Gasteiger partial charge in [0.1, 0.15) is 0 Å². The summed E-state index contributed by atoms with van der Waals surface area (Å²) in [6.07, 6.45) is 1.85. The lowest BCUT2D eigenvalue weighted by Crippen LogP contribution is -1.95. The number of rotatable bonds is 5. The molecule has 74 valence electrons. The van der Waals surface area contributed by atoms with Gasteiger partial charge in [-0.15, -0.1) is 11.3 Å². The third-order valence-electron chi connectivity index (χ3n) is 1.81. The summed E-state index contributed by atoms with van der Waals surface area (Å²) in [6.45, 7) is 0.192. The van der Waals surface area contributed by atoms with Crippen LogP contribution in [0.5, 0.6) is 0 Å². The van der Waals surface area contributed by atoms with Crippen molar-refractivity contribution in [3.8, 4) is 0 Å². The molecule has 4 heteroatoms. The van der Waals surface area contributed by atoms with Crippen LogP contribution in [0, 0.1) is 0 Å². The molecule has 2 N–H and O–H groups in total. The van der Waals surface area contributed by atoms with Crippen LogP contribution in [0.2, 0.25) is 4.34 Å². The van der Waals surface area contributed by atoms with Gasteiger partial charge >= 0.3 is 0 Å². The molecule has 0 radical (unpaired) electrons. The summed E-state index contributed by atoms with van der Waals surface area (Å²) < 4.78 is 0.705. The molecule has 1 aromatic rings. The van der Waals surface area contributed by atoms with E-state index in [0.29, 0.717) is 10.8 Å². The molecule has 0 bridgehead atoms. The Morgan fingerprint density at radius 3 is 2.69 bits per heavy atom. The molecule has 0 aliphatic carbocycles. The lowest BCUT2D eigenvalue weighted by Gasteiger charge is -2.06. The second-order valence-electron chi connectivity index (χ2n) is 2.88. The Morgan fingerprint density at radius 2 is 2.15 bits per heavy atom. The zero-order valence-corrected chi connectivity index (χ0v) is 8.81. The van der Waals surface area contributed by atoms with Crippen molar-refractivity contribution in [1.29, 1.82) is 0 Å². The topological polar surface area (TPSA) is 40.5 Å². The Bertz CT molecular complexity index is 250. The summed E-state index contributed by atoms with van der Waals surface area (Å²) in [7, 11) is 0. The van der Waals surface area contributed by atoms with Crippen LogP contribution in [-0.4, -0.2) is 16.8 Å². The van der Waals surface area contributed by atoms with Crippen molar-refractivity contribution in [2.75, 3.05) is 6.61 Å². The molecule has 0 spiro atoms. The van der Waals surface area contributed by atoms with Crippen molar-refractivity contribution >= 4 is 22.9 Å². The SMILES string of the molecule is OCCCCC(O)c1ccc(Cl)s1. The van der Waals surface area contributed by atoms with Crippen LogP contribution >= 0.6 is 22.9 Å². The molecule has 0 aliphatic rings. The fraction of sp³-hybridized carbons (Fsp3) is 0.556. The van der Waals surface area contributed by atoms with Gasteiger partial charge in [-0.2, -0.15) is 0 Å². The van der Waals surface area contributed by atoms with E-state index in [1.807, 2.05) is 6.07 Å². The quantitative estimate of drug-likeness (QED) is 0.749. The summed E-state index contributed by atoms with van der Waals surface area (Å²) in [5, 5.41) is 18.2. The van der Waals surface area contributed by atoms with E-state index >= 15 is 0 Å². The smallest absolute Gasteiger partial charge is 0.0932 e. The average molecular weight is 221 g/mol. The molecule has 0 saturated carbocycles. The normalized spacial score (nSPS) is 13.2. The van der Waals surface area contributed by atoms with Gasteiger partial charge in [0.2, 0.25) is 0 Å². The maximum Gasteiger partial charge on any atom is 0.0932 e. The van der Waals surface area contributed by atoms with Crippen molar-refractivity contribution < 1.29 is 10.2 Å². The van der Waals surface area contributed by atoms with E-state index in [9.17, 15) is 5.11 Å². The molecular weight excluding hydrogens is 208 g/mol. The zero-order valence-electron chi connectivity index (χ0n) is 7.24. The van der Waals surface area contributed by atoms with Crippen molar-refractivity contribution in [1.82, 2.24) is 0 Å². The lowest BCUT2D eigenvalue weighted by molar-refractivity contribution is 0.163. The Kier molecular flexibility index (Phi) is 4.73. The molecular formula is C9H13ClO2S. The van der Waals surface area contributed by atoms with Crippen molar-refractivity contribution in [3.05, 3.63) is 21.3 Å². The van der Waals surface area contributed by atoms with Gasteiger partial charge in [0.05, 0.1) is 10.4 Å². The van der Waals surface area contributed by atoms with Crippen LogP contribution in [-0.2, 0) is 0 Å². The first-order valence-corrected chi connectivity index (χ1v) is 5.47. The monoisotopic (exact) mass is 220 g/mol. The van der Waals surface area contributed by atoms with E-state index in [-0.39, 0.29) is 6.61 Å². The van der Waals surface area contributed by atoms with Gasteiger partial charge in [-0.3, -0.25) is 0 Å². The molecule has 1 atom stereocenters. The van der Waals surface area contributed by atoms with Gasteiger partial charge in [0.15, 0.2) is 0 Å². The second-order valence-corrected chi connectivity index (χ2v) is 4.62. The van der Waals surface area contributed by atoms with E-state index in [1.165, 1.54) is 11.3 Å². The minimum absolute atomic E-state index is 0.192. The maximum atomic E-state index is 9.63. The predicted molar refractivity (Wildman–Crippen MR) is 55.2 cm³/mol. The fourth-order valence-electron chi connectivity index (χ4n) is 1.10. The van der Waals surface area contributed by atoms with E-state index in [0.717, 1.165) is 17.7 Å². The Morgan fingerprint density at radius 1 is 1.38 bits per heavy atom. The second kappa shape index (κ2) is 5.60. The van der Waals surface area contributed by atoms with Crippen LogP contribution in [0.25, 0.3) is 0 Å². The van der Waals surface area contributed by atoms with Gasteiger partial charge in [0, 0.05) is 11.5 Å². The van der Waals surface area contributed by atoms with Crippen molar-refractivity contribution in [3.63, 3.8) is 0 Å². The van der Waals surface area contributed by atoms with E-state index in [4.69, 9.17) is 16.7 Å². The minimum atomic E-state index is -0.427. The first-order valence-electron chi connectivity index (χ1n) is 4.28. The van der Waals surface area contributed by atoms with Crippen molar-refractivity contribution in [2.24, 2.45) is 0 Å². The molecule has 0 fully saturated rings. The number of thiophene rings is 1. The van der Waals surface area contributed by atoms with Crippen LogP contribution in [0.4, 0.5) is 0 Å². The van der Waals surface area contributed by atoms with Crippen molar-refractivity contribution in [2.45, 2.75) is 25.4 Å². The minimum Gasteiger partial charge on any atom is -0.396 e. The molecule has 1 aromatic heterocycles. The predicted octanol–water partition coefficient (Wildman–Crippen LogP) is 2.60. The molecule has 0 amide bonds. The highest BCUT2D eigenvalue weighted by Gasteiger charge is 2.09. The number of halogens is 1. The van der Waals surface area contributed by atoms with E-state index < -0.39 is 6.10 Å². The van der Waals surface area contributed by atoms with Crippen LogP contribution in [0.15, 0.2) is 12.1 Å². The maximum absolute atomic E-state index is 9.63. The molecule has 1 rings (SSSR count). The van der Waals surface area contributed by atoms with Gasteiger partial charge in [-0.1, -0.05) is 11.6 Å². The lowest BCUT2D eigenvalue weighted by atomic mass is 10.1. The number of unbranched alkanes of at least 4 members (excludes halogenated alkanes) is 1.